The topological polar surface area (TPSA) is 52.0 Å². The molecule has 96 valence electrons. The lowest BCUT2D eigenvalue weighted by molar-refractivity contribution is 0.226. The van der Waals surface area contributed by atoms with Gasteiger partial charge in [0.05, 0.1) is 10.4 Å². The molecule has 1 fully saturated rings. The molecule has 0 aliphatic heterocycles. The summed E-state index contributed by atoms with van der Waals surface area (Å²) in [5, 5.41) is 0.610. The van der Waals surface area contributed by atoms with E-state index in [1.807, 2.05) is 18.2 Å². The average molecular weight is 265 g/mol. The molecular formula is C14H17ClN2O. The number of para-hydroxylation sites is 1. The van der Waals surface area contributed by atoms with E-state index in [9.17, 15) is 0 Å². The Morgan fingerprint density at radius 2 is 2.28 bits per heavy atom. The molecule has 0 saturated heterocycles. The molecular weight excluding hydrogens is 248 g/mol. The highest BCUT2D eigenvalue weighted by Gasteiger charge is 2.40. The normalized spacial score (nSPS) is 28.7. The molecule has 1 aromatic carbocycles. The van der Waals surface area contributed by atoms with Gasteiger partial charge in [-0.15, -0.1) is 0 Å². The van der Waals surface area contributed by atoms with Crippen molar-refractivity contribution in [3.05, 3.63) is 29.1 Å². The Labute approximate surface area is 111 Å². The Bertz CT molecular complexity index is 580. The number of nitrogens with zero attached hydrogens (tertiary/aromatic N) is 1. The molecule has 1 saturated carbocycles. The SMILES string of the molecule is CC1(c2nc3cccc(Cl)c3o2)CCCCC1N. The quantitative estimate of drug-likeness (QED) is 0.856. The molecule has 18 heavy (non-hydrogen) atoms. The molecule has 2 aromatic rings. The van der Waals surface area contributed by atoms with Crippen molar-refractivity contribution in [2.75, 3.05) is 0 Å². The molecule has 2 atom stereocenters. The molecule has 3 rings (SSSR count). The van der Waals surface area contributed by atoms with Gasteiger partial charge in [0.15, 0.2) is 5.58 Å². The number of oxazole rings is 1. The van der Waals surface area contributed by atoms with Gasteiger partial charge in [0.25, 0.3) is 0 Å². The maximum Gasteiger partial charge on any atom is 0.203 e. The molecule has 2 N–H and O–H groups in total. The van der Waals surface area contributed by atoms with E-state index in [0.29, 0.717) is 10.6 Å². The van der Waals surface area contributed by atoms with Crippen LogP contribution in [0.2, 0.25) is 5.02 Å². The van der Waals surface area contributed by atoms with Crippen molar-refractivity contribution in [3.63, 3.8) is 0 Å². The molecule has 1 aliphatic carbocycles. The Kier molecular flexibility index (Phi) is 2.83. The summed E-state index contributed by atoms with van der Waals surface area (Å²) in [7, 11) is 0. The van der Waals surface area contributed by atoms with Crippen LogP contribution in [-0.4, -0.2) is 11.0 Å². The van der Waals surface area contributed by atoms with Gasteiger partial charge in [-0.25, -0.2) is 4.98 Å². The molecule has 0 amide bonds. The van der Waals surface area contributed by atoms with Crippen LogP contribution < -0.4 is 5.73 Å². The Hall–Kier alpha value is -1.06. The minimum absolute atomic E-state index is 0.109. The zero-order valence-electron chi connectivity index (χ0n) is 10.4. The second-order valence-electron chi connectivity index (χ2n) is 5.38. The zero-order valence-corrected chi connectivity index (χ0v) is 11.2. The van der Waals surface area contributed by atoms with Gasteiger partial charge < -0.3 is 10.2 Å². The number of benzene rings is 1. The summed E-state index contributed by atoms with van der Waals surface area (Å²) < 4.78 is 5.89. The van der Waals surface area contributed by atoms with Crippen LogP contribution in [0.25, 0.3) is 11.1 Å². The van der Waals surface area contributed by atoms with Gasteiger partial charge in [-0.1, -0.05) is 30.5 Å². The first-order chi connectivity index (χ1) is 8.61. The fraction of sp³-hybridized carbons (Fsp3) is 0.500. The van der Waals surface area contributed by atoms with Crippen molar-refractivity contribution in [1.29, 1.82) is 0 Å². The summed E-state index contributed by atoms with van der Waals surface area (Å²) in [6, 6.07) is 5.74. The van der Waals surface area contributed by atoms with Gasteiger partial charge in [0.1, 0.15) is 5.52 Å². The lowest BCUT2D eigenvalue weighted by Gasteiger charge is -2.36. The summed E-state index contributed by atoms with van der Waals surface area (Å²) in [5.74, 6) is 0.734. The van der Waals surface area contributed by atoms with Crippen LogP contribution in [0, 0.1) is 0 Å². The number of hydrogen-bond acceptors (Lipinski definition) is 3. The maximum atomic E-state index is 6.27. The van der Waals surface area contributed by atoms with E-state index in [1.54, 1.807) is 0 Å². The summed E-state index contributed by atoms with van der Waals surface area (Å²) >= 11 is 6.13. The molecule has 0 bridgehead atoms. The number of fused-ring (bicyclic) bond motifs is 1. The zero-order chi connectivity index (χ0) is 12.8. The van der Waals surface area contributed by atoms with Gasteiger partial charge in [-0.3, -0.25) is 0 Å². The van der Waals surface area contributed by atoms with E-state index < -0.39 is 0 Å². The largest absolute Gasteiger partial charge is 0.438 e. The molecule has 0 radical (unpaired) electrons. The average Bonchev–Trinajstić information content (AvgIpc) is 2.79. The highest BCUT2D eigenvalue weighted by molar-refractivity contribution is 6.34. The first kappa shape index (κ1) is 12.0. The van der Waals surface area contributed by atoms with Gasteiger partial charge in [-0.05, 0) is 31.9 Å². The molecule has 0 spiro atoms. The van der Waals surface area contributed by atoms with E-state index >= 15 is 0 Å². The third-order valence-electron chi connectivity index (χ3n) is 4.14. The summed E-state index contributed by atoms with van der Waals surface area (Å²) in [4.78, 5) is 4.59. The molecule has 1 aromatic heterocycles. The van der Waals surface area contributed by atoms with Crippen LogP contribution in [0.5, 0.6) is 0 Å². The molecule has 1 aliphatic rings. The number of halogens is 1. The molecule has 4 heteroatoms. The number of hydrogen-bond donors (Lipinski definition) is 1. The first-order valence-electron chi connectivity index (χ1n) is 6.42. The van der Waals surface area contributed by atoms with E-state index in [0.717, 1.165) is 24.2 Å². The summed E-state index contributed by atoms with van der Waals surface area (Å²) in [5.41, 5.74) is 7.60. The van der Waals surface area contributed by atoms with Crippen LogP contribution in [0.15, 0.2) is 22.6 Å². The third kappa shape index (κ3) is 1.73. The molecule has 2 unspecified atom stereocenters. The minimum Gasteiger partial charge on any atom is -0.438 e. The minimum atomic E-state index is -0.166. The second-order valence-corrected chi connectivity index (χ2v) is 5.78. The lowest BCUT2D eigenvalue weighted by Crippen LogP contribution is -2.45. The highest BCUT2D eigenvalue weighted by Crippen LogP contribution is 2.39. The maximum absolute atomic E-state index is 6.27. The predicted octanol–water partition coefficient (Wildman–Crippen LogP) is 3.64. The van der Waals surface area contributed by atoms with Gasteiger partial charge in [0, 0.05) is 6.04 Å². The van der Waals surface area contributed by atoms with Crippen molar-refractivity contribution in [2.24, 2.45) is 5.73 Å². The van der Waals surface area contributed by atoms with Gasteiger partial charge in [0.2, 0.25) is 5.89 Å². The molecule has 3 nitrogen and oxygen atoms in total. The fourth-order valence-electron chi connectivity index (χ4n) is 2.79. The van der Waals surface area contributed by atoms with Crippen LogP contribution >= 0.6 is 11.6 Å². The van der Waals surface area contributed by atoms with Crippen LogP contribution in [0.1, 0.15) is 38.5 Å². The Balaban J connectivity index is 2.11. The third-order valence-corrected chi connectivity index (χ3v) is 4.43. The lowest BCUT2D eigenvalue weighted by atomic mass is 9.72. The first-order valence-corrected chi connectivity index (χ1v) is 6.80. The van der Waals surface area contributed by atoms with Crippen molar-refractivity contribution >= 4 is 22.7 Å². The van der Waals surface area contributed by atoms with E-state index in [1.165, 1.54) is 12.8 Å². The van der Waals surface area contributed by atoms with Crippen molar-refractivity contribution in [3.8, 4) is 0 Å². The number of nitrogens with two attached hydrogens (primary N) is 1. The van der Waals surface area contributed by atoms with E-state index in [2.05, 4.69) is 11.9 Å². The standard InChI is InChI=1S/C14H17ClN2O/c1-14(8-3-2-7-11(14)16)13-17-10-6-4-5-9(15)12(10)18-13/h4-6,11H,2-3,7-8,16H2,1H3. The number of rotatable bonds is 1. The van der Waals surface area contributed by atoms with Crippen LogP contribution in [-0.2, 0) is 5.41 Å². The second kappa shape index (κ2) is 4.25. The monoisotopic (exact) mass is 264 g/mol. The summed E-state index contributed by atoms with van der Waals surface area (Å²) in [6.07, 6.45) is 4.43. The van der Waals surface area contributed by atoms with Crippen molar-refractivity contribution in [1.82, 2.24) is 4.98 Å². The van der Waals surface area contributed by atoms with Gasteiger partial charge in [-0.2, -0.15) is 0 Å². The summed E-state index contributed by atoms with van der Waals surface area (Å²) in [6.45, 7) is 2.15. The van der Waals surface area contributed by atoms with Crippen LogP contribution in [0.4, 0.5) is 0 Å². The van der Waals surface area contributed by atoms with Crippen molar-refractivity contribution in [2.45, 2.75) is 44.1 Å². The smallest absolute Gasteiger partial charge is 0.203 e. The number of aromatic nitrogens is 1. The molecule has 1 heterocycles. The highest BCUT2D eigenvalue weighted by atomic mass is 35.5. The predicted molar refractivity (Wildman–Crippen MR) is 72.8 cm³/mol. The van der Waals surface area contributed by atoms with E-state index in [4.69, 9.17) is 21.8 Å². The van der Waals surface area contributed by atoms with Crippen molar-refractivity contribution < 1.29 is 4.42 Å². The Morgan fingerprint density at radius 3 is 3.00 bits per heavy atom. The fourth-order valence-corrected chi connectivity index (χ4v) is 2.99. The van der Waals surface area contributed by atoms with E-state index in [-0.39, 0.29) is 11.5 Å². The van der Waals surface area contributed by atoms with Gasteiger partial charge >= 0.3 is 0 Å². The Morgan fingerprint density at radius 1 is 1.44 bits per heavy atom. The van der Waals surface area contributed by atoms with Crippen LogP contribution in [0.3, 0.4) is 0 Å².